The Morgan fingerprint density at radius 3 is 1.83 bits per heavy atom. The van der Waals surface area contributed by atoms with E-state index in [9.17, 15) is 9.59 Å². The van der Waals surface area contributed by atoms with Crippen molar-refractivity contribution in [1.82, 2.24) is 0 Å². The van der Waals surface area contributed by atoms with E-state index in [4.69, 9.17) is 9.47 Å². The van der Waals surface area contributed by atoms with Gasteiger partial charge in [-0.25, -0.2) is 9.59 Å². The summed E-state index contributed by atoms with van der Waals surface area (Å²) in [4.78, 5) is 23.1. The smallest absolute Gasteiger partial charge is 0.497 e. The molecule has 0 aliphatic heterocycles. The van der Waals surface area contributed by atoms with E-state index in [1.807, 2.05) is 0 Å². The van der Waals surface area contributed by atoms with Gasteiger partial charge in [0.15, 0.2) is 0 Å². The van der Waals surface area contributed by atoms with E-state index in [-0.39, 0.29) is 12.6 Å². The maximum Gasteiger partial charge on any atom is 0.513 e. The number of ether oxygens (including phenoxy) is 3. The molecular formula is C17H18N2O5. The summed E-state index contributed by atoms with van der Waals surface area (Å²) in [5.41, 5.74) is 1.19. The van der Waals surface area contributed by atoms with E-state index in [1.54, 1.807) is 62.6 Å². The Balaban J connectivity index is 1.88. The first kappa shape index (κ1) is 17.1. The zero-order chi connectivity index (χ0) is 17.4. The van der Waals surface area contributed by atoms with Crippen molar-refractivity contribution in [3.05, 3.63) is 48.5 Å². The number of methoxy groups -OCH3 is 1. The Kier molecular flexibility index (Phi) is 6.01. The van der Waals surface area contributed by atoms with Crippen LogP contribution in [-0.4, -0.2) is 25.9 Å². The Hall–Kier alpha value is -3.22. The van der Waals surface area contributed by atoms with E-state index in [2.05, 4.69) is 15.4 Å². The lowest BCUT2D eigenvalue weighted by molar-refractivity contribution is 0.104. The first-order valence-electron chi connectivity index (χ1n) is 7.27. The number of rotatable bonds is 5. The third kappa shape index (κ3) is 5.20. The van der Waals surface area contributed by atoms with Crippen LogP contribution >= 0.6 is 0 Å². The fraction of sp³-hybridized carbons (Fsp3) is 0.176. The van der Waals surface area contributed by atoms with Crippen molar-refractivity contribution >= 4 is 23.6 Å². The number of carbonyl (C=O) groups excluding carboxylic acids is 2. The van der Waals surface area contributed by atoms with Crippen LogP contribution in [0.1, 0.15) is 6.92 Å². The van der Waals surface area contributed by atoms with Crippen LogP contribution in [0.5, 0.6) is 11.5 Å². The lowest BCUT2D eigenvalue weighted by atomic mass is 10.3. The van der Waals surface area contributed by atoms with E-state index in [0.29, 0.717) is 22.9 Å². The molecule has 2 amide bonds. The summed E-state index contributed by atoms with van der Waals surface area (Å²) in [6.07, 6.45) is -0.768. The van der Waals surface area contributed by atoms with Crippen LogP contribution in [0, 0.1) is 0 Å². The molecule has 126 valence electrons. The van der Waals surface area contributed by atoms with Crippen molar-refractivity contribution in [2.24, 2.45) is 0 Å². The van der Waals surface area contributed by atoms with Gasteiger partial charge in [-0.2, -0.15) is 0 Å². The molecule has 2 aromatic rings. The van der Waals surface area contributed by atoms with Crippen molar-refractivity contribution in [2.45, 2.75) is 6.92 Å². The second kappa shape index (κ2) is 8.42. The van der Waals surface area contributed by atoms with E-state index in [0.717, 1.165) is 0 Å². The standard InChI is InChI=1S/C17H18N2O5/c1-3-23-17(21)24-15-10-6-13(7-11-15)19-16(20)18-12-4-8-14(22-2)9-5-12/h4-11H,3H2,1-2H3,(H2,18,19,20). The van der Waals surface area contributed by atoms with Gasteiger partial charge in [0, 0.05) is 11.4 Å². The number of hydrogen-bond donors (Lipinski definition) is 2. The van der Waals surface area contributed by atoms with Gasteiger partial charge < -0.3 is 24.8 Å². The second-order valence-corrected chi connectivity index (χ2v) is 4.62. The predicted octanol–water partition coefficient (Wildman–Crippen LogP) is 3.87. The first-order chi connectivity index (χ1) is 11.6. The van der Waals surface area contributed by atoms with Gasteiger partial charge in [-0.15, -0.1) is 0 Å². The summed E-state index contributed by atoms with van der Waals surface area (Å²) in [6.45, 7) is 1.93. The van der Waals surface area contributed by atoms with Crippen molar-refractivity contribution in [3.8, 4) is 11.5 Å². The summed E-state index contributed by atoms with van der Waals surface area (Å²) in [6, 6.07) is 12.9. The molecule has 0 aromatic heterocycles. The molecule has 7 heteroatoms. The molecule has 0 bridgehead atoms. The molecule has 0 heterocycles. The molecule has 0 saturated heterocycles. The van der Waals surface area contributed by atoms with Gasteiger partial charge in [0.05, 0.1) is 13.7 Å². The average Bonchev–Trinajstić information content (AvgIpc) is 2.57. The zero-order valence-corrected chi connectivity index (χ0v) is 13.4. The topological polar surface area (TPSA) is 85.9 Å². The lowest BCUT2D eigenvalue weighted by Gasteiger charge is -2.09. The molecule has 24 heavy (non-hydrogen) atoms. The normalized spacial score (nSPS) is 9.75. The van der Waals surface area contributed by atoms with E-state index in [1.165, 1.54) is 0 Å². The fourth-order valence-corrected chi connectivity index (χ4v) is 1.82. The number of anilines is 2. The average molecular weight is 330 g/mol. The fourth-order valence-electron chi connectivity index (χ4n) is 1.82. The third-order valence-electron chi connectivity index (χ3n) is 2.92. The highest BCUT2D eigenvalue weighted by Gasteiger charge is 2.06. The minimum atomic E-state index is -0.768. The van der Waals surface area contributed by atoms with Crippen molar-refractivity contribution in [1.29, 1.82) is 0 Å². The maximum atomic E-state index is 11.9. The van der Waals surface area contributed by atoms with Crippen LogP contribution in [0.4, 0.5) is 21.0 Å². The monoisotopic (exact) mass is 330 g/mol. The molecule has 0 radical (unpaired) electrons. The van der Waals surface area contributed by atoms with Crippen molar-refractivity contribution in [3.63, 3.8) is 0 Å². The van der Waals surface area contributed by atoms with Crippen LogP contribution in [0.3, 0.4) is 0 Å². The molecule has 0 aliphatic carbocycles. The molecule has 0 fully saturated rings. The third-order valence-corrected chi connectivity index (χ3v) is 2.92. The minimum Gasteiger partial charge on any atom is -0.497 e. The number of benzene rings is 2. The highest BCUT2D eigenvalue weighted by atomic mass is 16.7. The minimum absolute atomic E-state index is 0.240. The summed E-state index contributed by atoms with van der Waals surface area (Å²) in [7, 11) is 1.57. The van der Waals surface area contributed by atoms with Gasteiger partial charge in [0.1, 0.15) is 11.5 Å². The Bertz CT molecular complexity index is 683. The quantitative estimate of drug-likeness (QED) is 0.642. The van der Waals surface area contributed by atoms with Gasteiger partial charge in [-0.3, -0.25) is 0 Å². The highest BCUT2D eigenvalue weighted by molar-refractivity contribution is 5.99. The Morgan fingerprint density at radius 2 is 1.38 bits per heavy atom. The molecule has 0 aliphatic rings. The maximum absolute atomic E-state index is 11.9. The predicted molar refractivity (Wildman–Crippen MR) is 89.7 cm³/mol. The van der Waals surface area contributed by atoms with Crippen LogP contribution in [0.15, 0.2) is 48.5 Å². The van der Waals surface area contributed by atoms with Gasteiger partial charge in [0.2, 0.25) is 0 Å². The number of carbonyl (C=O) groups is 2. The van der Waals surface area contributed by atoms with Gasteiger partial charge in [-0.05, 0) is 55.5 Å². The number of amides is 2. The number of urea groups is 1. The van der Waals surface area contributed by atoms with Crippen molar-refractivity contribution < 1.29 is 23.8 Å². The number of hydrogen-bond acceptors (Lipinski definition) is 5. The van der Waals surface area contributed by atoms with Crippen LogP contribution in [-0.2, 0) is 4.74 Å². The largest absolute Gasteiger partial charge is 0.513 e. The molecule has 0 spiro atoms. The van der Waals surface area contributed by atoms with E-state index < -0.39 is 6.16 Å². The summed E-state index contributed by atoms with van der Waals surface area (Å²) >= 11 is 0. The lowest BCUT2D eigenvalue weighted by Crippen LogP contribution is -2.19. The van der Waals surface area contributed by atoms with Gasteiger partial charge in [-0.1, -0.05) is 0 Å². The summed E-state index contributed by atoms with van der Waals surface area (Å²) in [5, 5.41) is 5.37. The SMILES string of the molecule is CCOC(=O)Oc1ccc(NC(=O)Nc2ccc(OC)cc2)cc1. The van der Waals surface area contributed by atoms with Crippen LogP contribution in [0.2, 0.25) is 0 Å². The van der Waals surface area contributed by atoms with E-state index >= 15 is 0 Å². The summed E-state index contributed by atoms with van der Waals surface area (Å²) in [5.74, 6) is 1.03. The van der Waals surface area contributed by atoms with Gasteiger partial charge >= 0.3 is 12.2 Å². The van der Waals surface area contributed by atoms with Crippen LogP contribution in [0.25, 0.3) is 0 Å². The molecule has 2 N–H and O–H groups in total. The molecule has 0 unspecified atom stereocenters. The zero-order valence-electron chi connectivity index (χ0n) is 13.4. The van der Waals surface area contributed by atoms with Crippen LogP contribution < -0.4 is 20.1 Å². The first-order valence-corrected chi connectivity index (χ1v) is 7.27. The molecule has 2 aromatic carbocycles. The molecule has 0 saturated carbocycles. The second-order valence-electron chi connectivity index (χ2n) is 4.62. The molecule has 7 nitrogen and oxygen atoms in total. The number of nitrogens with one attached hydrogen (secondary N) is 2. The molecule has 0 atom stereocenters. The summed E-state index contributed by atoms with van der Waals surface area (Å²) < 4.78 is 14.7. The Morgan fingerprint density at radius 1 is 0.875 bits per heavy atom. The van der Waals surface area contributed by atoms with Gasteiger partial charge in [0.25, 0.3) is 0 Å². The molecule has 2 rings (SSSR count). The Labute approximate surface area is 139 Å². The molecular weight excluding hydrogens is 312 g/mol. The highest BCUT2D eigenvalue weighted by Crippen LogP contribution is 2.18. The van der Waals surface area contributed by atoms with Crippen molar-refractivity contribution in [2.75, 3.05) is 24.4 Å².